The fourth-order valence-corrected chi connectivity index (χ4v) is 5.28. The number of carbonyl (C=O) groups is 2. The fourth-order valence-electron chi connectivity index (χ4n) is 5.28. The third-order valence-corrected chi connectivity index (χ3v) is 7.42. The number of benzene rings is 3. The number of alkyl halides is 3. The van der Waals surface area contributed by atoms with Crippen LogP contribution in [0.4, 0.5) is 13.2 Å². The summed E-state index contributed by atoms with van der Waals surface area (Å²) >= 11 is 0. The van der Waals surface area contributed by atoms with Crippen LogP contribution in [0.5, 0.6) is 0 Å². The van der Waals surface area contributed by atoms with E-state index in [-0.39, 0.29) is 19.8 Å². The molecule has 0 bridgehead atoms. The molecule has 46 heavy (non-hydrogen) atoms. The van der Waals surface area contributed by atoms with E-state index in [1.165, 1.54) is 24.3 Å². The summed E-state index contributed by atoms with van der Waals surface area (Å²) in [6, 6.07) is 16.3. The summed E-state index contributed by atoms with van der Waals surface area (Å²) in [6.45, 7) is 5.79. The van der Waals surface area contributed by atoms with Crippen LogP contribution in [0.1, 0.15) is 59.2 Å². The topological polar surface area (TPSA) is 84.0 Å². The monoisotopic (exact) mass is 631 g/mol. The maximum atomic E-state index is 13.4. The van der Waals surface area contributed by atoms with E-state index in [1.807, 2.05) is 37.3 Å². The summed E-state index contributed by atoms with van der Waals surface area (Å²) in [6.07, 6.45) is 0.372. The zero-order valence-electron chi connectivity index (χ0n) is 25.5. The SMILES string of the molecule is CCOC(=O)/C=C/c1c(C)cc(-c2ccc(C(F)(F)F)cc2)c(/C=C/C(=O)OCC)c1COC1OCc2cc3ccccc3nc21. The Bertz CT molecular complexity index is 1810. The highest BCUT2D eigenvalue weighted by Gasteiger charge is 2.30. The van der Waals surface area contributed by atoms with E-state index < -0.39 is 30.0 Å². The molecule has 7 nitrogen and oxygen atoms in total. The van der Waals surface area contributed by atoms with Crippen molar-refractivity contribution in [3.05, 3.63) is 112 Å². The molecule has 1 aromatic heterocycles. The van der Waals surface area contributed by atoms with Gasteiger partial charge in [0.05, 0.1) is 37.5 Å². The van der Waals surface area contributed by atoms with Gasteiger partial charge in [0.25, 0.3) is 0 Å². The molecule has 0 radical (unpaired) electrons. The second-order valence-corrected chi connectivity index (χ2v) is 10.5. The van der Waals surface area contributed by atoms with Crippen LogP contribution >= 0.6 is 0 Å². The lowest BCUT2D eigenvalue weighted by atomic mass is 9.88. The Hall–Kier alpha value is -4.80. The minimum Gasteiger partial charge on any atom is -0.463 e. The van der Waals surface area contributed by atoms with Crippen LogP contribution < -0.4 is 0 Å². The highest BCUT2D eigenvalue weighted by molar-refractivity contribution is 5.92. The molecule has 1 unspecified atom stereocenters. The molecule has 0 spiro atoms. The first-order valence-corrected chi connectivity index (χ1v) is 14.7. The van der Waals surface area contributed by atoms with E-state index in [1.54, 1.807) is 32.1 Å². The number of hydrogen-bond acceptors (Lipinski definition) is 7. The second-order valence-electron chi connectivity index (χ2n) is 10.5. The first-order valence-electron chi connectivity index (χ1n) is 14.7. The summed E-state index contributed by atoms with van der Waals surface area (Å²) in [5, 5.41) is 0.975. The largest absolute Gasteiger partial charge is 0.463 e. The number of ether oxygens (including phenoxy) is 4. The highest BCUT2D eigenvalue weighted by atomic mass is 19.4. The van der Waals surface area contributed by atoms with Crippen molar-refractivity contribution in [3.63, 3.8) is 0 Å². The number of hydrogen-bond donors (Lipinski definition) is 0. The lowest BCUT2D eigenvalue weighted by Crippen LogP contribution is -2.09. The number of carbonyl (C=O) groups excluding carboxylic acids is 2. The molecule has 1 aliphatic rings. The van der Waals surface area contributed by atoms with E-state index in [2.05, 4.69) is 0 Å². The maximum Gasteiger partial charge on any atom is 0.416 e. The summed E-state index contributed by atoms with van der Waals surface area (Å²) < 4.78 is 62.6. The molecule has 1 atom stereocenters. The van der Waals surface area contributed by atoms with E-state index in [9.17, 15) is 22.8 Å². The van der Waals surface area contributed by atoms with Gasteiger partial charge in [0.2, 0.25) is 6.29 Å². The Morgan fingerprint density at radius 2 is 1.59 bits per heavy atom. The normalized spacial score (nSPS) is 14.7. The fraction of sp³-hybridized carbons (Fsp3) is 0.250. The molecule has 0 N–H and O–H groups in total. The number of fused-ring (bicyclic) bond motifs is 2. The Balaban J connectivity index is 1.62. The molecule has 0 aliphatic carbocycles. The molecule has 2 heterocycles. The van der Waals surface area contributed by atoms with Crippen molar-refractivity contribution in [3.8, 4) is 11.1 Å². The third kappa shape index (κ3) is 7.35. The molecular formula is C36H32F3NO6. The minimum atomic E-state index is -4.50. The van der Waals surface area contributed by atoms with Gasteiger partial charge in [-0.25, -0.2) is 14.6 Å². The van der Waals surface area contributed by atoms with Gasteiger partial charge in [-0.3, -0.25) is 0 Å². The van der Waals surface area contributed by atoms with Crippen molar-refractivity contribution in [2.75, 3.05) is 13.2 Å². The summed E-state index contributed by atoms with van der Waals surface area (Å²) in [7, 11) is 0. The molecule has 0 fully saturated rings. The Morgan fingerprint density at radius 3 is 2.24 bits per heavy atom. The summed E-state index contributed by atoms with van der Waals surface area (Å²) in [5.74, 6) is -1.14. The molecule has 10 heteroatoms. The van der Waals surface area contributed by atoms with Gasteiger partial charge in [0.1, 0.15) is 5.69 Å². The molecule has 0 amide bonds. The van der Waals surface area contributed by atoms with Crippen LogP contribution in [0.3, 0.4) is 0 Å². The van der Waals surface area contributed by atoms with Crippen molar-refractivity contribution in [1.82, 2.24) is 4.98 Å². The lowest BCUT2D eigenvalue weighted by Gasteiger charge is -2.20. The van der Waals surface area contributed by atoms with Gasteiger partial charge < -0.3 is 18.9 Å². The predicted molar refractivity (Wildman–Crippen MR) is 167 cm³/mol. The molecule has 238 valence electrons. The van der Waals surface area contributed by atoms with Gasteiger partial charge >= 0.3 is 18.1 Å². The molecule has 4 aromatic rings. The molecule has 1 aliphatic heterocycles. The number of halogens is 3. The van der Waals surface area contributed by atoms with Crippen molar-refractivity contribution < 1.29 is 41.7 Å². The van der Waals surface area contributed by atoms with E-state index in [0.717, 1.165) is 28.6 Å². The Labute approximate surface area is 264 Å². The first-order chi connectivity index (χ1) is 22.1. The van der Waals surface area contributed by atoms with Gasteiger partial charge in [0.15, 0.2) is 0 Å². The Morgan fingerprint density at radius 1 is 0.935 bits per heavy atom. The van der Waals surface area contributed by atoms with Crippen LogP contribution in [0.15, 0.2) is 72.8 Å². The summed E-state index contributed by atoms with van der Waals surface area (Å²) in [4.78, 5) is 29.5. The van der Waals surface area contributed by atoms with Crippen molar-refractivity contribution >= 4 is 35.0 Å². The quantitative estimate of drug-likeness (QED) is 0.129. The van der Waals surface area contributed by atoms with E-state index in [0.29, 0.717) is 45.7 Å². The lowest BCUT2D eigenvalue weighted by molar-refractivity contribution is -0.147. The average Bonchev–Trinajstić information content (AvgIpc) is 3.42. The number of nitrogens with zero attached hydrogens (tertiary/aromatic N) is 1. The molecular weight excluding hydrogens is 599 g/mol. The molecule has 5 rings (SSSR count). The van der Waals surface area contributed by atoms with Crippen molar-refractivity contribution in [2.45, 2.75) is 46.5 Å². The number of pyridine rings is 1. The van der Waals surface area contributed by atoms with Gasteiger partial charge in [-0.05, 0) is 90.6 Å². The zero-order valence-corrected chi connectivity index (χ0v) is 25.5. The predicted octanol–water partition coefficient (Wildman–Crippen LogP) is 8.13. The van der Waals surface area contributed by atoms with Crippen molar-refractivity contribution in [2.24, 2.45) is 0 Å². The van der Waals surface area contributed by atoms with E-state index >= 15 is 0 Å². The van der Waals surface area contributed by atoms with Gasteiger partial charge in [0, 0.05) is 23.1 Å². The van der Waals surface area contributed by atoms with Crippen LogP contribution in [-0.4, -0.2) is 30.1 Å². The summed E-state index contributed by atoms with van der Waals surface area (Å²) in [5.41, 5.74) is 4.94. The second kappa shape index (κ2) is 14.1. The molecule has 3 aromatic carbocycles. The standard InChI is InChI=1S/C36H32F3NO6/c1-4-43-32(41)16-14-27-22(3)18-29(23-10-12-26(13-11-23)36(37,38)39)28(15-17-33(42)44-5-2)30(27)21-46-35-34-25(20-45-35)19-24-8-6-7-9-31(24)40-34/h6-19,35H,4-5,20-21H2,1-3H3/b16-14+,17-15+. The number of para-hydroxylation sites is 1. The molecule has 0 saturated heterocycles. The van der Waals surface area contributed by atoms with E-state index in [4.69, 9.17) is 23.9 Å². The number of rotatable bonds is 10. The van der Waals surface area contributed by atoms with Crippen molar-refractivity contribution in [1.29, 1.82) is 0 Å². The van der Waals surface area contributed by atoms with Gasteiger partial charge in [-0.15, -0.1) is 0 Å². The zero-order chi connectivity index (χ0) is 32.8. The number of aryl methyl sites for hydroxylation is 1. The van der Waals surface area contributed by atoms with Gasteiger partial charge in [-0.1, -0.05) is 36.4 Å². The smallest absolute Gasteiger partial charge is 0.416 e. The minimum absolute atomic E-state index is 0.0566. The first kappa shape index (κ1) is 32.6. The van der Waals surface area contributed by atoms with Crippen LogP contribution in [0.2, 0.25) is 0 Å². The maximum absolute atomic E-state index is 13.4. The number of aromatic nitrogens is 1. The average molecular weight is 632 g/mol. The highest BCUT2D eigenvalue weighted by Crippen LogP contribution is 2.38. The third-order valence-electron chi connectivity index (χ3n) is 7.42. The number of esters is 2. The van der Waals surface area contributed by atoms with Crippen LogP contribution in [0.25, 0.3) is 34.2 Å². The Kier molecular flexibility index (Phi) is 9.99. The van der Waals surface area contributed by atoms with Crippen LogP contribution in [0, 0.1) is 6.92 Å². The van der Waals surface area contributed by atoms with Crippen LogP contribution in [-0.2, 0) is 47.9 Å². The molecule has 0 saturated carbocycles. The van der Waals surface area contributed by atoms with Gasteiger partial charge in [-0.2, -0.15) is 13.2 Å².